The van der Waals surface area contributed by atoms with Gasteiger partial charge in [-0.05, 0) is 46.0 Å². The normalized spacial score (nSPS) is 43.4. The molecule has 0 aromatic heterocycles. The molecule has 2 aliphatic rings. The Labute approximate surface area is 92.8 Å². The van der Waals surface area contributed by atoms with Gasteiger partial charge in [0, 0.05) is 18.1 Å². The Morgan fingerprint density at radius 1 is 1.00 bits per heavy atom. The minimum absolute atomic E-state index is 0.133. The number of nitrogens with one attached hydrogen (secondary N) is 1. The van der Waals surface area contributed by atoms with Crippen molar-refractivity contribution in [2.24, 2.45) is 0 Å². The van der Waals surface area contributed by atoms with E-state index < -0.39 is 0 Å². The monoisotopic (exact) mass is 212 g/mol. The summed E-state index contributed by atoms with van der Waals surface area (Å²) in [6.45, 7) is 4.56. The number of hydrogen-bond donors (Lipinski definition) is 2. The van der Waals surface area contributed by atoms with Crippen LogP contribution in [0.15, 0.2) is 0 Å². The van der Waals surface area contributed by atoms with E-state index in [1.807, 2.05) is 0 Å². The fourth-order valence-electron chi connectivity index (χ4n) is 2.96. The van der Waals surface area contributed by atoms with Crippen LogP contribution in [0.25, 0.3) is 0 Å². The molecule has 1 saturated heterocycles. The molecule has 0 aromatic rings. The van der Waals surface area contributed by atoms with Crippen molar-refractivity contribution < 1.29 is 5.11 Å². The summed E-state index contributed by atoms with van der Waals surface area (Å²) in [5.74, 6) is 0. The van der Waals surface area contributed by atoms with Crippen LogP contribution in [0.2, 0.25) is 0 Å². The van der Waals surface area contributed by atoms with Crippen molar-refractivity contribution in [3.05, 3.63) is 0 Å². The van der Waals surface area contributed by atoms with E-state index in [1.54, 1.807) is 0 Å². The van der Waals surface area contributed by atoms with Crippen molar-refractivity contribution >= 4 is 0 Å². The molecule has 0 radical (unpaired) electrons. The number of nitrogens with zero attached hydrogens (tertiary/aromatic N) is 1. The number of piperidine rings is 1. The van der Waals surface area contributed by atoms with Crippen LogP contribution in [0, 0.1) is 0 Å². The average Bonchev–Trinajstić information content (AvgIpc) is 2.58. The van der Waals surface area contributed by atoms with Crippen molar-refractivity contribution in [2.75, 3.05) is 0 Å². The minimum atomic E-state index is -0.133. The molecule has 1 saturated carbocycles. The molecular formula is C12H24N2O. The number of aliphatic hydroxyl groups excluding tert-OH is 1. The predicted octanol–water partition coefficient (Wildman–Crippen LogP) is 1.67. The van der Waals surface area contributed by atoms with Gasteiger partial charge in [-0.15, -0.1) is 0 Å². The quantitative estimate of drug-likeness (QED) is 0.731. The van der Waals surface area contributed by atoms with Crippen molar-refractivity contribution in [1.82, 2.24) is 10.4 Å². The molecule has 15 heavy (non-hydrogen) atoms. The second-order valence-electron chi connectivity index (χ2n) is 5.27. The van der Waals surface area contributed by atoms with Crippen LogP contribution in [0.4, 0.5) is 0 Å². The first-order valence-electron chi connectivity index (χ1n) is 6.41. The molecular weight excluding hydrogens is 188 g/mol. The molecule has 0 amide bonds. The number of hydrogen-bond acceptors (Lipinski definition) is 3. The van der Waals surface area contributed by atoms with E-state index in [2.05, 4.69) is 24.3 Å². The third-order valence-corrected chi connectivity index (χ3v) is 3.99. The highest BCUT2D eigenvalue weighted by molar-refractivity contribution is 4.85. The molecule has 88 valence electrons. The van der Waals surface area contributed by atoms with Crippen LogP contribution in [0.3, 0.4) is 0 Å². The smallest absolute Gasteiger partial charge is 0.0706 e. The summed E-state index contributed by atoms with van der Waals surface area (Å²) >= 11 is 0. The number of aliphatic hydroxyl groups is 1. The highest BCUT2D eigenvalue weighted by Gasteiger charge is 2.31. The lowest BCUT2D eigenvalue weighted by molar-refractivity contribution is 0.00597. The largest absolute Gasteiger partial charge is 0.391 e. The first-order valence-corrected chi connectivity index (χ1v) is 6.41. The SMILES string of the molecule is CC1CCCC(C)N1N[C@@H]1CCC[C@H]1O. The molecule has 0 aromatic carbocycles. The lowest BCUT2D eigenvalue weighted by Gasteiger charge is -2.41. The minimum Gasteiger partial charge on any atom is -0.391 e. The lowest BCUT2D eigenvalue weighted by atomic mass is 9.99. The van der Waals surface area contributed by atoms with Gasteiger partial charge in [0.2, 0.25) is 0 Å². The van der Waals surface area contributed by atoms with Gasteiger partial charge in [-0.1, -0.05) is 6.42 Å². The fourth-order valence-corrected chi connectivity index (χ4v) is 2.96. The van der Waals surface area contributed by atoms with Gasteiger partial charge in [0.05, 0.1) is 6.10 Å². The first kappa shape index (κ1) is 11.4. The van der Waals surface area contributed by atoms with E-state index >= 15 is 0 Å². The zero-order valence-electron chi connectivity index (χ0n) is 9.95. The molecule has 3 heteroatoms. The Kier molecular flexibility index (Phi) is 3.65. The molecule has 2 N–H and O–H groups in total. The van der Waals surface area contributed by atoms with Gasteiger partial charge in [-0.3, -0.25) is 0 Å². The fraction of sp³-hybridized carbons (Fsp3) is 1.00. The molecule has 4 atom stereocenters. The molecule has 2 rings (SSSR count). The van der Waals surface area contributed by atoms with Crippen LogP contribution < -0.4 is 5.43 Å². The zero-order valence-corrected chi connectivity index (χ0v) is 9.95. The van der Waals surface area contributed by atoms with E-state index in [0.29, 0.717) is 18.1 Å². The van der Waals surface area contributed by atoms with Crippen molar-refractivity contribution in [2.45, 2.75) is 76.6 Å². The predicted molar refractivity (Wildman–Crippen MR) is 61.4 cm³/mol. The standard InChI is InChI=1S/C12H24N2O/c1-9-5-3-6-10(2)14(9)13-11-7-4-8-12(11)15/h9-13,15H,3-8H2,1-2H3/t9?,10?,11-,12-/m1/s1. The van der Waals surface area contributed by atoms with Gasteiger partial charge in [0.1, 0.15) is 0 Å². The second-order valence-corrected chi connectivity index (χ2v) is 5.27. The van der Waals surface area contributed by atoms with Gasteiger partial charge >= 0.3 is 0 Å². The summed E-state index contributed by atoms with van der Waals surface area (Å²) in [7, 11) is 0. The van der Waals surface area contributed by atoms with Crippen molar-refractivity contribution in [3.8, 4) is 0 Å². The molecule has 3 nitrogen and oxygen atoms in total. The second kappa shape index (κ2) is 4.81. The first-order chi connectivity index (χ1) is 7.18. The van der Waals surface area contributed by atoms with E-state index in [0.717, 1.165) is 19.3 Å². The maximum Gasteiger partial charge on any atom is 0.0706 e. The molecule has 2 fully saturated rings. The van der Waals surface area contributed by atoms with Crippen LogP contribution >= 0.6 is 0 Å². The Bertz CT molecular complexity index is 200. The summed E-state index contributed by atoms with van der Waals surface area (Å²) in [6.07, 6.45) is 7.01. The van der Waals surface area contributed by atoms with Crippen LogP contribution in [0.5, 0.6) is 0 Å². The number of rotatable bonds is 2. The van der Waals surface area contributed by atoms with E-state index in [4.69, 9.17) is 0 Å². The Hall–Kier alpha value is -0.120. The Morgan fingerprint density at radius 2 is 1.60 bits per heavy atom. The lowest BCUT2D eigenvalue weighted by Crippen LogP contribution is -2.56. The van der Waals surface area contributed by atoms with E-state index in [-0.39, 0.29) is 6.10 Å². The van der Waals surface area contributed by atoms with Gasteiger partial charge in [-0.25, -0.2) is 10.4 Å². The van der Waals surface area contributed by atoms with Crippen LogP contribution in [-0.2, 0) is 0 Å². The van der Waals surface area contributed by atoms with E-state index in [9.17, 15) is 5.11 Å². The molecule has 0 bridgehead atoms. The maximum atomic E-state index is 9.80. The van der Waals surface area contributed by atoms with Gasteiger partial charge in [0.25, 0.3) is 0 Å². The Balaban J connectivity index is 1.90. The van der Waals surface area contributed by atoms with Crippen molar-refractivity contribution in [1.29, 1.82) is 0 Å². The highest BCUT2D eigenvalue weighted by Crippen LogP contribution is 2.24. The number of hydrazine groups is 1. The summed E-state index contributed by atoms with van der Waals surface area (Å²) in [5, 5.41) is 12.2. The van der Waals surface area contributed by atoms with Crippen LogP contribution in [0.1, 0.15) is 52.4 Å². The van der Waals surface area contributed by atoms with E-state index in [1.165, 1.54) is 19.3 Å². The van der Waals surface area contributed by atoms with Gasteiger partial charge < -0.3 is 5.11 Å². The third kappa shape index (κ3) is 2.52. The average molecular weight is 212 g/mol. The summed E-state index contributed by atoms with van der Waals surface area (Å²) < 4.78 is 0. The molecule has 1 heterocycles. The molecule has 1 aliphatic heterocycles. The molecule has 0 spiro atoms. The topological polar surface area (TPSA) is 35.5 Å². The third-order valence-electron chi connectivity index (χ3n) is 3.99. The molecule has 2 unspecified atom stereocenters. The maximum absolute atomic E-state index is 9.80. The van der Waals surface area contributed by atoms with Crippen LogP contribution in [-0.4, -0.2) is 34.3 Å². The highest BCUT2D eigenvalue weighted by atomic mass is 16.3. The Morgan fingerprint density at radius 3 is 2.13 bits per heavy atom. The van der Waals surface area contributed by atoms with Gasteiger partial charge in [0.15, 0.2) is 0 Å². The summed E-state index contributed by atoms with van der Waals surface area (Å²) in [5.41, 5.74) is 3.55. The summed E-state index contributed by atoms with van der Waals surface area (Å²) in [6, 6.07) is 1.52. The molecule has 1 aliphatic carbocycles. The van der Waals surface area contributed by atoms with Gasteiger partial charge in [-0.2, -0.15) is 0 Å². The summed E-state index contributed by atoms with van der Waals surface area (Å²) in [4.78, 5) is 0. The zero-order chi connectivity index (χ0) is 10.8. The van der Waals surface area contributed by atoms with Crippen molar-refractivity contribution in [3.63, 3.8) is 0 Å².